The predicted molar refractivity (Wildman–Crippen MR) is 111 cm³/mol. The summed E-state index contributed by atoms with van der Waals surface area (Å²) < 4.78 is 38.5. The molecule has 2 amide bonds. The van der Waals surface area contributed by atoms with Crippen molar-refractivity contribution in [2.45, 2.75) is 38.5 Å². The Labute approximate surface area is 183 Å². The van der Waals surface area contributed by atoms with Crippen molar-refractivity contribution in [3.05, 3.63) is 52.0 Å². The Balaban J connectivity index is 1.66. The molecule has 0 saturated carbocycles. The molecule has 3 rings (SSSR count). The van der Waals surface area contributed by atoms with Crippen LogP contribution in [0.25, 0.3) is 0 Å². The molecule has 1 atom stereocenters. The molecule has 1 aromatic heterocycles. The second-order valence-corrected chi connectivity index (χ2v) is 8.59. The molecule has 1 aliphatic rings. The van der Waals surface area contributed by atoms with Crippen molar-refractivity contribution in [3.8, 4) is 0 Å². The lowest BCUT2D eigenvalue weighted by atomic mass is 10.0. The molecule has 1 fully saturated rings. The minimum Gasteiger partial charge on any atom is -0.340 e. The van der Waals surface area contributed by atoms with E-state index in [1.54, 1.807) is 46.6 Å². The number of aromatic nitrogens is 1. The number of carbonyl (C=O) groups excluding carboxylic acids is 2. The number of rotatable bonds is 6. The maximum absolute atomic E-state index is 13.1. The zero-order valence-electron chi connectivity index (χ0n) is 17.2. The van der Waals surface area contributed by atoms with Crippen LogP contribution >= 0.6 is 11.3 Å². The van der Waals surface area contributed by atoms with Gasteiger partial charge in [-0.1, -0.05) is 30.3 Å². The number of hydrogen-bond donors (Lipinski definition) is 1. The summed E-state index contributed by atoms with van der Waals surface area (Å²) in [5.74, 6) is -2.59. The van der Waals surface area contributed by atoms with E-state index < -0.39 is 24.0 Å². The zero-order chi connectivity index (χ0) is 22.4. The van der Waals surface area contributed by atoms with Gasteiger partial charge in [-0.25, -0.2) is 4.98 Å². The fourth-order valence-electron chi connectivity index (χ4n) is 3.57. The van der Waals surface area contributed by atoms with E-state index in [0.29, 0.717) is 38.2 Å². The number of nitrogens with zero attached hydrogens (tertiary/aromatic N) is 3. The molecule has 1 aromatic carbocycles. The number of benzene rings is 1. The molecule has 168 valence electrons. The Kier molecular flexibility index (Phi) is 7.66. The lowest BCUT2D eigenvalue weighted by Gasteiger charge is -2.27. The van der Waals surface area contributed by atoms with Crippen molar-refractivity contribution in [3.63, 3.8) is 0 Å². The van der Waals surface area contributed by atoms with Crippen LogP contribution in [0.4, 0.5) is 13.2 Å². The van der Waals surface area contributed by atoms with Gasteiger partial charge in [0, 0.05) is 44.5 Å². The van der Waals surface area contributed by atoms with Crippen LogP contribution in [-0.2, 0) is 22.6 Å². The van der Waals surface area contributed by atoms with Crippen molar-refractivity contribution in [2.24, 2.45) is 0 Å². The fourth-order valence-corrected chi connectivity index (χ4v) is 4.17. The van der Waals surface area contributed by atoms with Gasteiger partial charge >= 0.3 is 12.1 Å². The van der Waals surface area contributed by atoms with Crippen molar-refractivity contribution in [2.75, 3.05) is 26.2 Å². The van der Waals surface area contributed by atoms with Gasteiger partial charge in [-0.15, -0.1) is 11.3 Å². The molecule has 6 nitrogen and oxygen atoms in total. The molecule has 0 spiro atoms. The molecule has 31 heavy (non-hydrogen) atoms. The number of nitrogens with one attached hydrogen (secondary N) is 1. The molecule has 10 heteroatoms. The first-order valence-corrected chi connectivity index (χ1v) is 10.9. The first kappa shape index (κ1) is 23.2. The van der Waals surface area contributed by atoms with E-state index in [1.165, 1.54) is 0 Å². The molecular formula is C21H25F3N4O2S. The Morgan fingerprint density at radius 3 is 2.55 bits per heavy atom. The number of alkyl halides is 3. The van der Waals surface area contributed by atoms with E-state index in [1.807, 2.05) is 17.6 Å². The van der Waals surface area contributed by atoms with Crippen LogP contribution in [0, 0.1) is 6.92 Å². The minimum atomic E-state index is -5.05. The molecule has 1 aliphatic heterocycles. The van der Waals surface area contributed by atoms with Gasteiger partial charge in [0.2, 0.25) is 5.91 Å². The smallest absolute Gasteiger partial charge is 0.340 e. The summed E-state index contributed by atoms with van der Waals surface area (Å²) in [6.07, 6.45) is -4.35. The maximum atomic E-state index is 13.1. The Hall–Kier alpha value is -2.46. The van der Waals surface area contributed by atoms with E-state index in [2.05, 4.69) is 9.88 Å². The summed E-state index contributed by atoms with van der Waals surface area (Å²) in [5.41, 5.74) is 1.65. The van der Waals surface area contributed by atoms with Gasteiger partial charge in [0.15, 0.2) is 0 Å². The van der Waals surface area contributed by atoms with Gasteiger partial charge in [-0.05, 0) is 18.9 Å². The first-order valence-electron chi connectivity index (χ1n) is 10.1. The summed E-state index contributed by atoms with van der Waals surface area (Å²) in [6.45, 7) is 4.78. The van der Waals surface area contributed by atoms with Crippen LogP contribution in [0.3, 0.4) is 0 Å². The third kappa shape index (κ3) is 6.76. The van der Waals surface area contributed by atoms with E-state index in [-0.39, 0.29) is 6.42 Å². The van der Waals surface area contributed by atoms with E-state index >= 15 is 0 Å². The highest BCUT2D eigenvalue weighted by Crippen LogP contribution is 2.17. The molecule has 0 aliphatic carbocycles. The van der Waals surface area contributed by atoms with Crippen LogP contribution in [0.15, 0.2) is 35.7 Å². The third-order valence-electron chi connectivity index (χ3n) is 5.10. The SMILES string of the molecule is Cc1nc(CN2CCCN(C(=O)C(Cc3ccccc3)NC(=O)C(F)(F)F)CC2)cs1. The van der Waals surface area contributed by atoms with Crippen molar-refractivity contribution >= 4 is 23.2 Å². The largest absolute Gasteiger partial charge is 0.471 e. The van der Waals surface area contributed by atoms with Gasteiger partial charge in [-0.2, -0.15) is 13.2 Å². The number of thiazole rings is 1. The van der Waals surface area contributed by atoms with Crippen LogP contribution in [0.2, 0.25) is 0 Å². The van der Waals surface area contributed by atoms with E-state index in [9.17, 15) is 22.8 Å². The quantitative estimate of drug-likeness (QED) is 0.729. The van der Waals surface area contributed by atoms with Crippen LogP contribution in [-0.4, -0.2) is 65.0 Å². The molecule has 2 aromatic rings. The Bertz CT molecular complexity index is 888. The monoisotopic (exact) mass is 454 g/mol. The highest BCUT2D eigenvalue weighted by molar-refractivity contribution is 7.09. The maximum Gasteiger partial charge on any atom is 0.471 e. The fraction of sp³-hybridized carbons (Fsp3) is 0.476. The standard InChI is InChI=1S/C21H25F3N4O2S/c1-15-25-17(14-31-15)13-27-8-5-9-28(11-10-27)19(29)18(26-20(30)21(22,23)24)12-16-6-3-2-4-7-16/h2-4,6-7,14,18H,5,8-13H2,1H3,(H,26,30). The Morgan fingerprint density at radius 2 is 1.90 bits per heavy atom. The summed E-state index contributed by atoms with van der Waals surface area (Å²) in [4.78, 5) is 32.9. The molecule has 2 heterocycles. The lowest BCUT2D eigenvalue weighted by molar-refractivity contribution is -0.175. The van der Waals surface area contributed by atoms with E-state index in [4.69, 9.17) is 0 Å². The van der Waals surface area contributed by atoms with Crippen molar-refractivity contribution < 1.29 is 22.8 Å². The van der Waals surface area contributed by atoms with Crippen LogP contribution < -0.4 is 5.32 Å². The second kappa shape index (κ2) is 10.2. The van der Waals surface area contributed by atoms with Gasteiger partial charge in [0.05, 0.1) is 10.7 Å². The van der Waals surface area contributed by atoms with Gasteiger partial charge in [0.25, 0.3) is 0 Å². The summed E-state index contributed by atoms with van der Waals surface area (Å²) in [7, 11) is 0. The van der Waals surface area contributed by atoms with Crippen molar-refractivity contribution in [1.82, 2.24) is 20.1 Å². The van der Waals surface area contributed by atoms with Crippen molar-refractivity contribution in [1.29, 1.82) is 0 Å². The van der Waals surface area contributed by atoms with Gasteiger partial charge < -0.3 is 10.2 Å². The molecule has 0 radical (unpaired) electrons. The molecular weight excluding hydrogens is 429 g/mol. The highest BCUT2D eigenvalue weighted by atomic mass is 32.1. The molecule has 0 bridgehead atoms. The molecule has 1 N–H and O–H groups in total. The lowest BCUT2D eigenvalue weighted by Crippen LogP contribution is -2.53. The van der Waals surface area contributed by atoms with Gasteiger partial charge in [-0.3, -0.25) is 14.5 Å². The number of halogens is 3. The van der Waals surface area contributed by atoms with Crippen LogP contribution in [0.5, 0.6) is 0 Å². The normalized spacial score (nSPS) is 16.6. The van der Waals surface area contributed by atoms with Crippen LogP contribution in [0.1, 0.15) is 22.7 Å². The average Bonchev–Trinajstić information content (AvgIpc) is 2.99. The molecule has 1 saturated heterocycles. The Morgan fingerprint density at radius 1 is 1.16 bits per heavy atom. The highest BCUT2D eigenvalue weighted by Gasteiger charge is 2.41. The zero-order valence-corrected chi connectivity index (χ0v) is 18.0. The predicted octanol–water partition coefficient (Wildman–Crippen LogP) is 2.78. The second-order valence-electron chi connectivity index (χ2n) is 7.53. The minimum absolute atomic E-state index is 0.000190. The average molecular weight is 455 g/mol. The number of amides is 2. The number of hydrogen-bond acceptors (Lipinski definition) is 5. The van der Waals surface area contributed by atoms with Gasteiger partial charge in [0.1, 0.15) is 6.04 Å². The first-order chi connectivity index (χ1) is 14.7. The summed E-state index contributed by atoms with van der Waals surface area (Å²) >= 11 is 1.58. The van der Waals surface area contributed by atoms with E-state index in [0.717, 1.165) is 17.2 Å². The third-order valence-corrected chi connectivity index (χ3v) is 5.92. The molecule has 1 unspecified atom stereocenters. The summed E-state index contributed by atoms with van der Waals surface area (Å²) in [5, 5.41) is 4.90. The summed E-state index contributed by atoms with van der Waals surface area (Å²) in [6, 6.07) is 7.44. The number of carbonyl (C=O) groups is 2. The topological polar surface area (TPSA) is 65.5 Å². The number of aryl methyl sites for hydroxylation is 1.